The molecule has 0 amide bonds. The lowest BCUT2D eigenvalue weighted by Gasteiger charge is -2.16. The van der Waals surface area contributed by atoms with E-state index in [1.807, 2.05) is 25.1 Å². The number of fused-ring (bicyclic) bond motifs is 1. The van der Waals surface area contributed by atoms with Crippen molar-refractivity contribution >= 4 is 28.5 Å². The van der Waals surface area contributed by atoms with Gasteiger partial charge < -0.3 is 20.6 Å². The van der Waals surface area contributed by atoms with E-state index in [-0.39, 0.29) is 12.6 Å². The van der Waals surface area contributed by atoms with Crippen LogP contribution in [0.15, 0.2) is 48.5 Å². The predicted octanol–water partition coefficient (Wildman–Crippen LogP) is 2.94. The topological polar surface area (TPSA) is 133 Å². The monoisotopic (exact) mass is 397 g/mol. The molecule has 0 aliphatic carbocycles. The molecule has 152 valence electrons. The molecule has 2 aromatic carbocycles. The van der Waals surface area contributed by atoms with Gasteiger partial charge in [-0.05, 0) is 13.3 Å². The molecule has 8 heteroatoms. The zero-order valence-electron chi connectivity index (χ0n) is 16.2. The largest absolute Gasteiger partial charge is 0.473 e. The lowest BCUT2D eigenvalue weighted by molar-refractivity contribution is -0.159. The summed E-state index contributed by atoms with van der Waals surface area (Å²) in [5.41, 5.74) is 3.15. The average Bonchev–Trinajstić information content (AvgIpc) is 2.73. The lowest BCUT2D eigenvalue weighted by atomic mass is 10.0. The summed E-state index contributed by atoms with van der Waals surface area (Å²) in [7, 11) is 0. The molecule has 0 spiro atoms. The van der Waals surface area contributed by atoms with E-state index in [2.05, 4.69) is 52.8 Å². The van der Waals surface area contributed by atoms with Crippen LogP contribution < -0.4 is 5.32 Å². The number of carboxylic acids is 2. The van der Waals surface area contributed by atoms with E-state index in [1.54, 1.807) is 0 Å². The molecule has 0 saturated carbocycles. The molecular formula is C21H23N3O5. The van der Waals surface area contributed by atoms with E-state index in [0.717, 1.165) is 34.3 Å². The average molecular weight is 397 g/mol. The first-order chi connectivity index (χ1) is 13.9. The van der Waals surface area contributed by atoms with Gasteiger partial charge in [-0.25, -0.2) is 9.59 Å². The Bertz CT molecular complexity index is 973. The molecule has 8 nitrogen and oxygen atoms in total. The molecule has 0 saturated heterocycles. The number of nitrogens with one attached hydrogen (secondary N) is 1. The van der Waals surface area contributed by atoms with E-state index >= 15 is 0 Å². The molecule has 0 bridgehead atoms. The molecule has 29 heavy (non-hydrogen) atoms. The highest BCUT2D eigenvalue weighted by atomic mass is 16.4. The smallest absolute Gasteiger partial charge is 0.414 e. The third-order valence-corrected chi connectivity index (χ3v) is 4.25. The molecule has 0 aliphatic heterocycles. The number of aliphatic hydroxyl groups is 1. The normalized spacial score (nSPS) is 11.3. The van der Waals surface area contributed by atoms with Crippen LogP contribution in [-0.4, -0.2) is 50.1 Å². The van der Waals surface area contributed by atoms with Crippen LogP contribution in [0.1, 0.15) is 18.9 Å². The van der Waals surface area contributed by atoms with Crippen molar-refractivity contribution in [2.75, 3.05) is 11.9 Å². The molecule has 3 aromatic rings. The number of nitrogens with zero attached hydrogens (tertiary/aromatic N) is 2. The zero-order chi connectivity index (χ0) is 21.4. The van der Waals surface area contributed by atoms with E-state index < -0.39 is 11.9 Å². The number of aliphatic carboxylic acids is 2. The fraction of sp³-hybridized carbons (Fsp3) is 0.238. The van der Waals surface area contributed by atoms with Gasteiger partial charge in [0.25, 0.3) is 0 Å². The van der Waals surface area contributed by atoms with Crippen molar-refractivity contribution < 1.29 is 24.9 Å². The first-order valence-corrected chi connectivity index (χ1v) is 9.03. The summed E-state index contributed by atoms with van der Waals surface area (Å²) in [5.74, 6) is -2.93. The van der Waals surface area contributed by atoms with E-state index in [1.165, 1.54) is 5.56 Å². The second kappa shape index (κ2) is 10.1. The molecule has 1 atom stereocenters. The molecular weight excluding hydrogens is 374 g/mol. The maximum absolute atomic E-state index is 9.41. The summed E-state index contributed by atoms with van der Waals surface area (Å²) >= 11 is 0. The summed E-state index contributed by atoms with van der Waals surface area (Å²) in [4.78, 5) is 18.2. The van der Waals surface area contributed by atoms with Gasteiger partial charge in [0.05, 0.1) is 12.6 Å². The Morgan fingerprint density at radius 2 is 1.55 bits per heavy atom. The highest BCUT2D eigenvalue weighted by Crippen LogP contribution is 2.30. The standard InChI is InChI=1S/C19H21N3O.C2H2O4/c1-3-15(12-23)20-19-17-7-5-4-6-16(17)18(21-22-19)14-10-8-13(2)9-11-14;3-1(4)2(5)6/h4-11,15,23H,3,12H2,1-2H3,(H,20,22);(H,3,4)(H,5,6). The molecule has 1 heterocycles. The molecule has 0 fully saturated rings. The van der Waals surface area contributed by atoms with E-state index in [9.17, 15) is 5.11 Å². The van der Waals surface area contributed by atoms with Gasteiger partial charge in [0.15, 0.2) is 5.82 Å². The van der Waals surface area contributed by atoms with Gasteiger partial charge in [-0.3, -0.25) is 0 Å². The minimum absolute atomic E-state index is 0.0158. The second-order valence-electron chi connectivity index (χ2n) is 6.35. The fourth-order valence-corrected chi connectivity index (χ4v) is 2.61. The van der Waals surface area contributed by atoms with Crippen LogP contribution in [0, 0.1) is 6.92 Å². The number of aryl methyl sites for hydroxylation is 1. The number of benzene rings is 2. The Kier molecular flexibility index (Phi) is 7.62. The molecule has 3 rings (SSSR count). The highest BCUT2D eigenvalue weighted by molar-refractivity contribution is 6.27. The molecule has 1 unspecified atom stereocenters. The number of anilines is 1. The summed E-state index contributed by atoms with van der Waals surface area (Å²) in [6, 6.07) is 16.4. The van der Waals surface area contributed by atoms with Crippen LogP contribution in [-0.2, 0) is 9.59 Å². The van der Waals surface area contributed by atoms with Crippen molar-refractivity contribution in [1.82, 2.24) is 10.2 Å². The van der Waals surface area contributed by atoms with Crippen LogP contribution in [0.4, 0.5) is 5.82 Å². The Morgan fingerprint density at radius 3 is 2.07 bits per heavy atom. The summed E-state index contributed by atoms with van der Waals surface area (Å²) in [6.07, 6.45) is 0.826. The minimum atomic E-state index is -1.82. The Hall–Kier alpha value is -3.52. The Labute approximate surface area is 167 Å². The van der Waals surface area contributed by atoms with Gasteiger partial charge in [-0.2, -0.15) is 0 Å². The predicted molar refractivity (Wildman–Crippen MR) is 110 cm³/mol. The molecule has 0 radical (unpaired) electrons. The van der Waals surface area contributed by atoms with Gasteiger partial charge in [-0.15, -0.1) is 10.2 Å². The summed E-state index contributed by atoms with van der Waals surface area (Å²) < 4.78 is 0. The van der Waals surface area contributed by atoms with Crippen LogP contribution in [0.2, 0.25) is 0 Å². The van der Waals surface area contributed by atoms with Gasteiger partial charge in [-0.1, -0.05) is 61.0 Å². The Balaban J connectivity index is 0.000000438. The quantitative estimate of drug-likeness (QED) is 0.483. The molecule has 0 aliphatic rings. The first-order valence-electron chi connectivity index (χ1n) is 9.03. The summed E-state index contributed by atoms with van der Waals surface area (Å²) in [5, 5.41) is 38.4. The number of carbonyl (C=O) groups is 2. The van der Waals surface area contributed by atoms with Crippen molar-refractivity contribution in [3.63, 3.8) is 0 Å². The van der Waals surface area contributed by atoms with Crippen LogP contribution in [0.25, 0.3) is 22.0 Å². The van der Waals surface area contributed by atoms with Crippen molar-refractivity contribution in [2.24, 2.45) is 0 Å². The maximum atomic E-state index is 9.41. The van der Waals surface area contributed by atoms with Crippen molar-refractivity contribution in [1.29, 1.82) is 0 Å². The molecule has 1 aromatic heterocycles. The molecule has 4 N–H and O–H groups in total. The third kappa shape index (κ3) is 5.73. The zero-order valence-corrected chi connectivity index (χ0v) is 16.2. The van der Waals surface area contributed by atoms with Crippen molar-refractivity contribution in [3.05, 3.63) is 54.1 Å². The van der Waals surface area contributed by atoms with E-state index in [0.29, 0.717) is 0 Å². The third-order valence-electron chi connectivity index (χ3n) is 4.25. The second-order valence-corrected chi connectivity index (χ2v) is 6.35. The number of aromatic nitrogens is 2. The number of hydrogen-bond acceptors (Lipinski definition) is 6. The maximum Gasteiger partial charge on any atom is 0.414 e. The summed E-state index contributed by atoms with van der Waals surface area (Å²) in [6.45, 7) is 4.18. The lowest BCUT2D eigenvalue weighted by Crippen LogP contribution is -2.23. The highest BCUT2D eigenvalue weighted by Gasteiger charge is 2.13. The number of rotatable bonds is 5. The Morgan fingerprint density at radius 1 is 0.966 bits per heavy atom. The van der Waals surface area contributed by atoms with Gasteiger partial charge in [0, 0.05) is 16.3 Å². The number of aliphatic hydroxyl groups excluding tert-OH is 1. The first kappa shape index (κ1) is 21.8. The minimum Gasteiger partial charge on any atom is -0.473 e. The van der Waals surface area contributed by atoms with Gasteiger partial charge >= 0.3 is 11.9 Å². The number of hydrogen-bond donors (Lipinski definition) is 4. The SMILES string of the molecule is CCC(CO)Nc1nnc(-c2ccc(C)cc2)c2ccccc12.O=C(O)C(=O)O. The van der Waals surface area contributed by atoms with Crippen LogP contribution >= 0.6 is 0 Å². The van der Waals surface area contributed by atoms with Gasteiger partial charge in [0.1, 0.15) is 5.69 Å². The van der Waals surface area contributed by atoms with Crippen molar-refractivity contribution in [3.8, 4) is 11.3 Å². The number of carboxylic acid groups (broad SMARTS) is 2. The fourth-order valence-electron chi connectivity index (χ4n) is 2.61. The van der Waals surface area contributed by atoms with Gasteiger partial charge in [0.2, 0.25) is 0 Å². The van der Waals surface area contributed by atoms with Crippen molar-refractivity contribution in [2.45, 2.75) is 26.3 Å². The van der Waals surface area contributed by atoms with Crippen LogP contribution in [0.3, 0.4) is 0 Å². The van der Waals surface area contributed by atoms with E-state index in [4.69, 9.17) is 19.8 Å². The van der Waals surface area contributed by atoms with Crippen LogP contribution in [0.5, 0.6) is 0 Å².